The first-order chi connectivity index (χ1) is 10.0. The lowest BCUT2D eigenvalue weighted by Crippen LogP contribution is -2.20. The monoisotopic (exact) mass is 323 g/mol. The maximum atomic E-state index is 12.1. The van der Waals surface area contributed by atoms with Gasteiger partial charge in [0.05, 0.1) is 5.75 Å². The quantitative estimate of drug-likeness (QED) is 0.900. The molecule has 3 N–H and O–H groups in total. The van der Waals surface area contributed by atoms with Crippen LogP contribution in [0.25, 0.3) is 0 Å². The van der Waals surface area contributed by atoms with Gasteiger partial charge < -0.3 is 11.1 Å². The zero-order valence-corrected chi connectivity index (χ0v) is 13.3. The highest BCUT2D eigenvalue weighted by Gasteiger charge is 2.27. The van der Waals surface area contributed by atoms with Crippen LogP contribution in [0.4, 0.5) is 10.8 Å². The van der Waals surface area contributed by atoms with Crippen molar-refractivity contribution in [1.82, 2.24) is 4.37 Å². The summed E-state index contributed by atoms with van der Waals surface area (Å²) in [6, 6.07) is 8.47. The van der Waals surface area contributed by atoms with Crippen molar-refractivity contribution < 1.29 is 8.42 Å². The topological polar surface area (TPSA) is 85.1 Å². The number of hydrogen-bond acceptors (Lipinski definition) is 6. The van der Waals surface area contributed by atoms with E-state index in [1.54, 1.807) is 6.92 Å². The first-order valence-corrected chi connectivity index (χ1v) is 9.25. The van der Waals surface area contributed by atoms with Crippen molar-refractivity contribution in [1.29, 1.82) is 0 Å². The molecule has 0 saturated heterocycles. The molecule has 2 aromatic rings. The van der Waals surface area contributed by atoms with Crippen LogP contribution < -0.4 is 11.1 Å². The lowest BCUT2D eigenvalue weighted by molar-refractivity contribution is 0.598. The Morgan fingerprint density at radius 1 is 1.33 bits per heavy atom. The van der Waals surface area contributed by atoms with E-state index < -0.39 is 9.84 Å². The number of aromatic nitrogens is 1. The van der Waals surface area contributed by atoms with Crippen molar-refractivity contribution >= 4 is 32.2 Å². The predicted molar refractivity (Wildman–Crippen MR) is 85.5 cm³/mol. The molecule has 3 rings (SSSR count). The number of nitrogens with two attached hydrogens (primary N) is 1. The SMILES string of the molecule is CCS(=O)(=O)c1c(N)nsc1NC1Cc2ccccc2C1. The Hall–Kier alpha value is -1.60. The maximum absolute atomic E-state index is 12.1. The largest absolute Gasteiger partial charge is 0.382 e. The number of benzene rings is 1. The van der Waals surface area contributed by atoms with Crippen LogP contribution in [-0.2, 0) is 22.7 Å². The molecule has 0 aliphatic heterocycles. The molecular weight excluding hydrogens is 306 g/mol. The van der Waals surface area contributed by atoms with Crippen molar-refractivity contribution in [2.24, 2.45) is 0 Å². The molecule has 0 unspecified atom stereocenters. The van der Waals surface area contributed by atoms with Crippen LogP contribution in [0.1, 0.15) is 18.1 Å². The second kappa shape index (κ2) is 5.31. The molecule has 21 heavy (non-hydrogen) atoms. The van der Waals surface area contributed by atoms with Gasteiger partial charge in [-0.15, -0.1) is 0 Å². The van der Waals surface area contributed by atoms with E-state index in [2.05, 4.69) is 21.8 Å². The molecule has 1 aromatic carbocycles. The van der Waals surface area contributed by atoms with E-state index >= 15 is 0 Å². The first kappa shape index (κ1) is 14.3. The standard InChI is InChI=1S/C14H17N3O2S2/c1-2-21(18,19)12-13(15)17-20-14(12)16-11-7-9-5-3-4-6-10(9)8-11/h3-6,11,16H,2,7-8H2,1H3,(H2,15,17). The molecular formula is C14H17N3O2S2. The van der Waals surface area contributed by atoms with Crippen molar-refractivity contribution in [2.45, 2.75) is 30.7 Å². The number of nitrogens with one attached hydrogen (secondary N) is 1. The van der Waals surface area contributed by atoms with E-state index in [0.29, 0.717) is 5.00 Å². The van der Waals surface area contributed by atoms with Crippen LogP contribution >= 0.6 is 11.5 Å². The molecule has 7 heteroatoms. The molecule has 1 aromatic heterocycles. The Morgan fingerprint density at radius 3 is 2.52 bits per heavy atom. The molecule has 1 aliphatic carbocycles. The minimum absolute atomic E-state index is 0.0230. The predicted octanol–water partition coefficient (Wildman–Crippen LogP) is 2.10. The van der Waals surface area contributed by atoms with E-state index in [1.165, 1.54) is 11.1 Å². The summed E-state index contributed by atoms with van der Waals surface area (Å²) in [7, 11) is -3.36. The van der Waals surface area contributed by atoms with E-state index in [9.17, 15) is 8.42 Å². The Morgan fingerprint density at radius 2 is 1.95 bits per heavy atom. The summed E-state index contributed by atoms with van der Waals surface area (Å²) in [6.07, 6.45) is 1.78. The summed E-state index contributed by atoms with van der Waals surface area (Å²) in [5.74, 6) is 0.120. The number of fused-ring (bicyclic) bond motifs is 1. The molecule has 0 spiro atoms. The number of nitrogens with zero attached hydrogens (tertiary/aromatic N) is 1. The summed E-state index contributed by atoms with van der Waals surface area (Å²) in [5.41, 5.74) is 8.37. The highest BCUT2D eigenvalue weighted by molar-refractivity contribution is 7.91. The third-order valence-electron chi connectivity index (χ3n) is 3.75. The number of nitrogen functional groups attached to an aromatic ring is 1. The smallest absolute Gasteiger partial charge is 0.184 e. The fourth-order valence-electron chi connectivity index (χ4n) is 2.68. The van der Waals surface area contributed by atoms with Crippen LogP contribution in [-0.4, -0.2) is 24.6 Å². The second-order valence-corrected chi connectivity index (χ2v) is 8.14. The van der Waals surface area contributed by atoms with Gasteiger partial charge in [-0.05, 0) is 35.5 Å². The third kappa shape index (κ3) is 2.63. The Labute approximate surface area is 128 Å². The summed E-state index contributed by atoms with van der Waals surface area (Å²) < 4.78 is 28.3. The summed E-state index contributed by atoms with van der Waals surface area (Å²) >= 11 is 1.12. The molecule has 0 amide bonds. The molecule has 112 valence electrons. The second-order valence-electron chi connectivity index (χ2n) is 5.15. The minimum Gasteiger partial charge on any atom is -0.382 e. The van der Waals surface area contributed by atoms with E-state index in [-0.39, 0.29) is 22.5 Å². The van der Waals surface area contributed by atoms with Gasteiger partial charge >= 0.3 is 0 Å². The van der Waals surface area contributed by atoms with Gasteiger partial charge in [0, 0.05) is 6.04 Å². The maximum Gasteiger partial charge on any atom is 0.184 e. The minimum atomic E-state index is -3.36. The van der Waals surface area contributed by atoms with Crippen molar-refractivity contribution in [3.05, 3.63) is 35.4 Å². The summed E-state index contributed by atoms with van der Waals surface area (Å²) in [6.45, 7) is 1.61. The van der Waals surface area contributed by atoms with Crippen LogP contribution in [0.5, 0.6) is 0 Å². The highest BCUT2D eigenvalue weighted by atomic mass is 32.2. The molecule has 0 saturated carbocycles. The van der Waals surface area contributed by atoms with Gasteiger partial charge in [0.2, 0.25) is 0 Å². The lowest BCUT2D eigenvalue weighted by Gasteiger charge is -2.13. The summed E-state index contributed by atoms with van der Waals surface area (Å²) in [4.78, 5) is 0.158. The number of anilines is 2. The number of rotatable bonds is 4. The molecule has 0 bridgehead atoms. The molecule has 0 atom stereocenters. The van der Waals surface area contributed by atoms with Gasteiger partial charge in [-0.25, -0.2) is 8.42 Å². The molecule has 1 aliphatic rings. The number of hydrogen-bond donors (Lipinski definition) is 2. The lowest BCUT2D eigenvalue weighted by atomic mass is 10.1. The van der Waals surface area contributed by atoms with Crippen LogP contribution in [0.2, 0.25) is 0 Å². The number of sulfone groups is 1. The fourth-order valence-corrected chi connectivity index (χ4v) is 4.91. The molecule has 1 heterocycles. The molecule has 0 fully saturated rings. The first-order valence-electron chi connectivity index (χ1n) is 6.82. The van der Waals surface area contributed by atoms with Gasteiger partial charge in [0.1, 0.15) is 9.90 Å². The van der Waals surface area contributed by atoms with E-state index in [1.807, 2.05) is 12.1 Å². The van der Waals surface area contributed by atoms with Gasteiger partial charge in [-0.3, -0.25) is 0 Å². The van der Waals surface area contributed by atoms with E-state index in [0.717, 1.165) is 24.4 Å². The Balaban J connectivity index is 1.85. The third-order valence-corrected chi connectivity index (χ3v) is 6.47. The van der Waals surface area contributed by atoms with Crippen LogP contribution in [0.15, 0.2) is 29.2 Å². The molecule has 5 nitrogen and oxygen atoms in total. The van der Waals surface area contributed by atoms with Gasteiger partial charge in [-0.1, -0.05) is 31.2 Å². The van der Waals surface area contributed by atoms with Crippen molar-refractivity contribution in [3.8, 4) is 0 Å². The zero-order chi connectivity index (χ0) is 15.0. The normalized spacial score (nSPS) is 15.1. The van der Waals surface area contributed by atoms with Gasteiger partial charge in [0.15, 0.2) is 15.7 Å². The zero-order valence-electron chi connectivity index (χ0n) is 11.7. The Kier molecular flexibility index (Phi) is 3.62. The van der Waals surface area contributed by atoms with Crippen molar-refractivity contribution in [3.63, 3.8) is 0 Å². The van der Waals surface area contributed by atoms with E-state index in [4.69, 9.17) is 5.73 Å². The average Bonchev–Trinajstić information content (AvgIpc) is 3.02. The average molecular weight is 323 g/mol. The van der Waals surface area contributed by atoms with Gasteiger partial charge in [0.25, 0.3) is 0 Å². The Bertz CT molecular complexity index is 743. The van der Waals surface area contributed by atoms with Crippen molar-refractivity contribution in [2.75, 3.05) is 16.8 Å². The molecule has 0 radical (unpaired) electrons. The van der Waals surface area contributed by atoms with Gasteiger partial charge in [-0.2, -0.15) is 4.37 Å². The van der Waals surface area contributed by atoms with Crippen LogP contribution in [0, 0.1) is 0 Å². The van der Waals surface area contributed by atoms with Crippen LogP contribution in [0.3, 0.4) is 0 Å². The summed E-state index contributed by atoms with van der Waals surface area (Å²) in [5, 5.41) is 3.88. The fraction of sp³-hybridized carbons (Fsp3) is 0.357. The highest BCUT2D eigenvalue weighted by Crippen LogP contribution is 2.34.